The summed E-state index contributed by atoms with van der Waals surface area (Å²) in [6, 6.07) is 19.5. The molecule has 0 spiro atoms. The van der Waals surface area contributed by atoms with Gasteiger partial charge in [-0.05, 0) is 23.8 Å². The summed E-state index contributed by atoms with van der Waals surface area (Å²) in [5.74, 6) is 0.420. The van der Waals surface area contributed by atoms with Crippen molar-refractivity contribution in [3.8, 4) is 0 Å². The highest BCUT2D eigenvalue weighted by molar-refractivity contribution is 9.10. The molecule has 0 saturated carbocycles. The normalized spacial score (nSPS) is 11.2. The number of fused-ring (bicyclic) bond motifs is 1. The van der Waals surface area contributed by atoms with Gasteiger partial charge >= 0.3 is 0 Å². The number of carbonyl (C=O) groups is 1. The second-order valence-corrected chi connectivity index (χ2v) is 7.06. The number of para-hydroxylation sites is 1. The minimum atomic E-state index is -0.221. The zero-order chi connectivity index (χ0) is 19.3. The molecule has 0 atom stereocenters. The number of hydrogen-bond donors (Lipinski definition) is 1. The number of rotatable bonds is 5. The van der Waals surface area contributed by atoms with E-state index in [1.807, 2.05) is 54.6 Å². The molecule has 1 N–H and O–H groups in total. The van der Waals surface area contributed by atoms with Crippen LogP contribution >= 0.6 is 15.9 Å². The fourth-order valence-corrected chi connectivity index (χ4v) is 3.36. The molecule has 0 radical (unpaired) electrons. The number of nitrogens with zero attached hydrogens (tertiary/aromatic N) is 3. The lowest BCUT2D eigenvalue weighted by atomic mass is 10.1. The molecule has 1 amide bonds. The van der Waals surface area contributed by atoms with Crippen molar-refractivity contribution >= 4 is 44.6 Å². The molecule has 2 heterocycles. The first-order valence-corrected chi connectivity index (χ1v) is 9.58. The Morgan fingerprint density at radius 1 is 1.04 bits per heavy atom. The monoisotopic (exact) mass is 432 g/mol. The maximum atomic E-state index is 12.4. The van der Waals surface area contributed by atoms with Crippen LogP contribution in [0.3, 0.4) is 0 Å². The van der Waals surface area contributed by atoms with E-state index >= 15 is 0 Å². The lowest BCUT2D eigenvalue weighted by Crippen LogP contribution is -2.14. The molecule has 0 aliphatic heterocycles. The summed E-state index contributed by atoms with van der Waals surface area (Å²) in [6.07, 6.45) is 6.71. The molecule has 4 rings (SSSR count). The van der Waals surface area contributed by atoms with E-state index in [1.165, 1.54) is 6.08 Å². The van der Waals surface area contributed by atoms with E-state index < -0.39 is 0 Å². The highest BCUT2D eigenvalue weighted by Gasteiger charge is 2.08. The molecule has 2 aromatic heterocycles. The van der Waals surface area contributed by atoms with Gasteiger partial charge in [0.15, 0.2) is 0 Å². The molecule has 138 valence electrons. The van der Waals surface area contributed by atoms with Crippen molar-refractivity contribution in [2.45, 2.75) is 6.54 Å². The maximum Gasteiger partial charge on any atom is 0.249 e. The molecule has 0 aliphatic carbocycles. The largest absolute Gasteiger partial charge is 0.307 e. The molecule has 28 heavy (non-hydrogen) atoms. The van der Waals surface area contributed by atoms with Crippen molar-refractivity contribution in [2.75, 3.05) is 5.32 Å². The molecule has 0 unspecified atom stereocenters. The van der Waals surface area contributed by atoms with Crippen LogP contribution in [0, 0.1) is 0 Å². The minimum absolute atomic E-state index is 0.221. The SMILES string of the molecule is O=C(/C=C/c1cccc2cccnc12)Nc1ccnn1Cc1ccccc1Br. The lowest BCUT2D eigenvalue weighted by molar-refractivity contribution is -0.111. The molecule has 0 bridgehead atoms. The number of hydrogen-bond acceptors (Lipinski definition) is 3. The molecule has 0 fully saturated rings. The topological polar surface area (TPSA) is 59.8 Å². The second-order valence-electron chi connectivity index (χ2n) is 6.21. The third kappa shape index (κ3) is 4.02. The smallest absolute Gasteiger partial charge is 0.249 e. The number of halogens is 1. The number of anilines is 1. The van der Waals surface area contributed by atoms with Gasteiger partial charge in [-0.25, -0.2) is 4.68 Å². The Hall–Kier alpha value is -3.25. The second kappa shape index (κ2) is 8.19. The van der Waals surface area contributed by atoms with E-state index in [4.69, 9.17) is 0 Å². The average molecular weight is 433 g/mol. The first kappa shape index (κ1) is 18.1. The Kier molecular flexibility index (Phi) is 5.30. The molecule has 0 saturated heterocycles. The first-order chi connectivity index (χ1) is 13.7. The van der Waals surface area contributed by atoms with Crippen molar-refractivity contribution in [1.82, 2.24) is 14.8 Å². The van der Waals surface area contributed by atoms with Gasteiger partial charge < -0.3 is 5.32 Å². The van der Waals surface area contributed by atoms with Crippen molar-refractivity contribution < 1.29 is 4.79 Å². The van der Waals surface area contributed by atoms with Gasteiger partial charge in [-0.3, -0.25) is 9.78 Å². The summed E-state index contributed by atoms with van der Waals surface area (Å²) in [4.78, 5) is 16.8. The summed E-state index contributed by atoms with van der Waals surface area (Å²) in [5, 5.41) is 8.24. The van der Waals surface area contributed by atoms with E-state index in [0.717, 1.165) is 26.5 Å². The fraction of sp³-hybridized carbons (Fsp3) is 0.0455. The van der Waals surface area contributed by atoms with Crippen molar-refractivity contribution in [2.24, 2.45) is 0 Å². The van der Waals surface area contributed by atoms with Crippen LogP contribution in [0.15, 0.2) is 83.6 Å². The third-order valence-electron chi connectivity index (χ3n) is 4.32. The average Bonchev–Trinajstić information content (AvgIpc) is 3.14. The van der Waals surface area contributed by atoms with Gasteiger partial charge in [0.1, 0.15) is 5.82 Å². The predicted molar refractivity (Wildman–Crippen MR) is 115 cm³/mol. The van der Waals surface area contributed by atoms with Crippen LogP contribution in [0.25, 0.3) is 17.0 Å². The zero-order valence-corrected chi connectivity index (χ0v) is 16.5. The molecule has 0 aliphatic rings. The van der Waals surface area contributed by atoms with Gasteiger partial charge in [-0.2, -0.15) is 5.10 Å². The summed E-state index contributed by atoms with van der Waals surface area (Å²) in [6.45, 7) is 0.557. The summed E-state index contributed by atoms with van der Waals surface area (Å²) < 4.78 is 2.76. The number of pyridine rings is 1. The quantitative estimate of drug-likeness (QED) is 0.456. The van der Waals surface area contributed by atoms with Gasteiger partial charge in [0.05, 0.1) is 18.3 Å². The number of nitrogens with one attached hydrogen (secondary N) is 1. The summed E-state index contributed by atoms with van der Waals surface area (Å²) >= 11 is 3.54. The molecular weight excluding hydrogens is 416 g/mol. The van der Waals surface area contributed by atoms with E-state index in [0.29, 0.717) is 12.4 Å². The van der Waals surface area contributed by atoms with Crippen molar-refractivity contribution in [3.05, 3.63) is 94.7 Å². The molecular formula is C22H17BrN4O. The standard InChI is InChI=1S/C22H17BrN4O/c23-19-9-2-1-5-18(19)15-27-20(12-14-25-27)26-21(28)11-10-17-7-3-6-16-8-4-13-24-22(16)17/h1-14H,15H2,(H,26,28)/b11-10+. The predicted octanol–water partition coefficient (Wildman–Crippen LogP) is 4.89. The van der Waals surface area contributed by atoms with E-state index in [9.17, 15) is 4.79 Å². The fourth-order valence-electron chi connectivity index (χ4n) is 2.95. The van der Waals surface area contributed by atoms with Gasteiger partial charge in [-0.15, -0.1) is 0 Å². The first-order valence-electron chi connectivity index (χ1n) is 8.79. The molecule has 4 aromatic rings. The van der Waals surface area contributed by atoms with Crippen LogP contribution in [-0.2, 0) is 11.3 Å². The van der Waals surface area contributed by atoms with Crippen LogP contribution in [-0.4, -0.2) is 20.7 Å². The van der Waals surface area contributed by atoms with Gasteiger partial charge in [-0.1, -0.05) is 58.4 Å². The van der Waals surface area contributed by atoms with Crippen molar-refractivity contribution in [3.63, 3.8) is 0 Å². The van der Waals surface area contributed by atoms with Crippen LogP contribution in [0.4, 0.5) is 5.82 Å². The van der Waals surface area contributed by atoms with Crippen LogP contribution in [0.5, 0.6) is 0 Å². The van der Waals surface area contributed by atoms with E-state index in [1.54, 1.807) is 29.2 Å². The Balaban J connectivity index is 1.50. The van der Waals surface area contributed by atoms with E-state index in [2.05, 4.69) is 31.3 Å². The number of aromatic nitrogens is 3. The van der Waals surface area contributed by atoms with Crippen LogP contribution in [0.1, 0.15) is 11.1 Å². The highest BCUT2D eigenvalue weighted by atomic mass is 79.9. The Bertz CT molecular complexity index is 1160. The maximum absolute atomic E-state index is 12.4. The van der Waals surface area contributed by atoms with Gasteiger partial charge in [0, 0.05) is 33.8 Å². The van der Waals surface area contributed by atoms with Crippen LogP contribution < -0.4 is 5.32 Å². The van der Waals surface area contributed by atoms with Gasteiger partial charge in [0.25, 0.3) is 0 Å². The Morgan fingerprint density at radius 2 is 1.89 bits per heavy atom. The van der Waals surface area contributed by atoms with Gasteiger partial charge in [0.2, 0.25) is 5.91 Å². The third-order valence-corrected chi connectivity index (χ3v) is 5.10. The summed E-state index contributed by atoms with van der Waals surface area (Å²) in [7, 11) is 0. The number of amides is 1. The van der Waals surface area contributed by atoms with E-state index in [-0.39, 0.29) is 5.91 Å². The Morgan fingerprint density at radius 3 is 2.79 bits per heavy atom. The highest BCUT2D eigenvalue weighted by Crippen LogP contribution is 2.19. The van der Waals surface area contributed by atoms with Crippen molar-refractivity contribution in [1.29, 1.82) is 0 Å². The lowest BCUT2D eigenvalue weighted by Gasteiger charge is -2.09. The minimum Gasteiger partial charge on any atom is -0.307 e. The van der Waals surface area contributed by atoms with Crippen LogP contribution in [0.2, 0.25) is 0 Å². The number of benzene rings is 2. The Labute approximate surface area is 170 Å². The molecule has 6 heteroatoms. The zero-order valence-electron chi connectivity index (χ0n) is 14.9. The summed E-state index contributed by atoms with van der Waals surface area (Å²) in [5.41, 5.74) is 2.85. The molecule has 5 nitrogen and oxygen atoms in total. The number of carbonyl (C=O) groups excluding carboxylic acids is 1. The molecule has 2 aromatic carbocycles.